The van der Waals surface area contributed by atoms with Crippen molar-refractivity contribution in [2.45, 2.75) is 31.7 Å². The number of imidazole rings is 1. The molecule has 1 atom stereocenters. The zero-order valence-electron chi connectivity index (χ0n) is 19.0. The van der Waals surface area contributed by atoms with E-state index in [4.69, 9.17) is 5.10 Å². The van der Waals surface area contributed by atoms with E-state index in [1.807, 2.05) is 41.3 Å². The Morgan fingerprint density at radius 2 is 1.88 bits per heavy atom. The van der Waals surface area contributed by atoms with E-state index in [-0.39, 0.29) is 5.92 Å². The van der Waals surface area contributed by atoms with Crippen molar-refractivity contribution < 1.29 is 0 Å². The number of aromatic nitrogens is 6. The quantitative estimate of drug-likeness (QED) is 0.412. The molecule has 166 valence electrons. The van der Waals surface area contributed by atoms with Crippen LogP contribution in [0.5, 0.6) is 0 Å². The van der Waals surface area contributed by atoms with E-state index in [1.54, 1.807) is 0 Å². The lowest BCUT2D eigenvalue weighted by molar-refractivity contribution is 0.212. The Labute approximate surface area is 192 Å². The van der Waals surface area contributed by atoms with E-state index in [1.165, 1.54) is 5.56 Å². The summed E-state index contributed by atoms with van der Waals surface area (Å²) in [6.45, 7) is 4.43. The Balaban J connectivity index is 1.32. The number of hydrogen-bond donors (Lipinski definition) is 0. The van der Waals surface area contributed by atoms with Gasteiger partial charge in [-0.2, -0.15) is 10.2 Å². The van der Waals surface area contributed by atoms with Crippen LogP contribution in [0.1, 0.15) is 43.0 Å². The standard InChI is InChI=1S/C26H27N7/c1-18(19-5-6-23-20(14-19)4-3-11-27-23)25-16-28-26-8-7-24(30-33(25)26)21-15-29-32(17-21)22-9-12-31(2)13-10-22/h3-8,11,14-18,22H,9-10,12-13H2,1-2H3. The minimum atomic E-state index is 0.148. The molecule has 0 N–H and O–H groups in total. The van der Waals surface area contributed by atoms with Gasteiger partial charge in [0.1, 0.15) is 0 Å². The maximum atomic E-state index is 4.97. The van der Waals surface area contributed by atoms with Crippen LogP contribution in [0.3, 0.4) is 0 Å². The van der Waals surface area contributed by atoms with E-state index in [9.17, 15) is 0 Å². The van der Waals surface area contributed by atoms with Crippen LogP contribution >= 0.6 is 0 Å². The fourth-order valence-electron chi connectivity index (χ4n) is 4.80. The van der Waals surface area contributed by atoms with E-state index in [0.717, 1.165) is 59.4 Å². The van der Waals surface area contributed by atoms with Crippen LogP contribution in [-0.2, 0) is 0 Å². The molecule has 1 aliphatic rings. The molecule has 4 aromatic heterocycles. The Morgan fingerprint density at radius 1 is 1.00 bits per heavy atom. The molecule has 1 fully saturated rings. The highest BCUT2D eigenvalue weighted by molar-refractivity contribution is 5.79. The highest BCUT2D eigenvalue weighted by Gasteiger charge is 2.20. The van der Waals surface area contributed by atoms with Gasteiger partial charge in [-0.05, 0) is 68.9 Å². The first-order chi connectivity index (χ1) is 16.2. The van der Waals surface area contributed by atoms with Gasteiger partial charge in [-0.25, -0.2) is 9.50 Å². The van der Waals surface area contributed by atoms with E-state index in [0.29, 0.717) is 6.04 Å². The number of nitrogens with zero attached hydrogens (tertiary/aromatic N) is 7. The second-order valence-corrected chi connectivity index (χ2v) is 9.09. The van der Waals surface area contributed by atoms with Gasteiger partial charge in [0.15, 0.2) is 5.65 Å². The van der Waals surface area contributed by atoms with Crippen molar-refractivity contribution in [3.05, 3.63) is 78.5 Å². The van der Waals surface area contributed by atoms with E-state index >= 15 is 0 Å². The van der Waals surface area contributed by atoms with Crippen molar-refractivity contribution in [1.29, 1.82) is 0 Å². The van der Waals surface area contributed by atoms with Crippen molar-refractivity contribution in [3.63, 3.8) is 0 Å². The van der Waals surface area contributed by atoms with Crippen molar-refractivity contribution in [1.82, 2.24) is 34.3 Å². The molecule has 5 aromatic rings. The maximum Gasteiger partial charge on any atom is 0.153 e. The number of rotatable bonds is 4. The number of hydrogen-bond acceptors (Lipinski definition) is 5. The van der Waals surface area contributed by atoms with Gasteiger partial charge in [0, 0.05) is 29.3 Å². The first kappa shape index (κ1) is 20.1. The van der Waals surface area contributed by atoms with Crippen molar-refractivity contribution in [2.75, 3.05) is 20.1 Å². The van der Waals surface area contributed by atoms with Gasteiger partial charge in [-0.1, -0.05) is 19.1 Å². The summed E-state index contributed by atoms with van der Waals surface area (Å²) in [4.78, 5) is 11.4. The molecule has 33 heavy (non-hydrogen) atoms. The summed E-state index contributed by atoms with van der Waals surface area (Å²) in [5.41, 5.74) is 6.10. The molecule has 5 heterocycles. The third-order valence-electron chi connectivity index (χ3n) is 6.92. The average Bonchev–Trinajstić information content (AvgIpc) is 3.51. The number of benzene rings is 1. The number of piperidine rings is 1. The molecule has 0 radical (unpaired) electrons. The summed E-state index contributed by atoms with van der Waals surface area (Å²) < 4.78 is 4.09. The van der Waals surface area contributed by atoms with Crippen molar-refractivity contribution >= 4 is 16.6 Å². The van der Waals surface area contributed by atoms with Crippen LogP contribution in [0.15, 0.2) is 67.3 Å². The van der Waals surface area contributed by atoms with Gasteiger partial charge < -0.3 is 4.90 Å². The highest BCUT2D eigenvalue weighted by atomic mass is 15.3. The molecule has 1 saturated heterocycles. The fraction of sp³-hybridized carbons (Fsp3) is 0.308. The zero-order valence-corrected chi connectivity index (χ0v) is 19.0. The smallest absolute Gasteiger partial charge is 0.153 e. The first-order valence-electron chi connectivity index (χ1n) is 11.6. The second-order valence-electron chi connectivity index (χ2n) is 9.09. The molecule has 1 aromatic carbocycles. The molecule has 0 spiro atoms. The minimum absolute atomic E-state index is 0.148. The molecule has 7 nitrogen and oxygen atoms in total. The summed E-state index contributed by atoms with van der Waals surface area (Å²) >= 11 is 0. The van der Waals surface area contributed by atoms with E-state index < -0.39 is 0 Å². The van der Waals surface area contributed by atoms with Crippen molar-refractivity contribution in [2.24, 2.45) is 0 Å². The van der Waals surface area contributed by atoms with Crippen LogP contribution in [0.4, 0.5) is 0 Å². The average molecular weight is 438 g/mol. The van der Waals surface area contributed by atoms with Crippen LogP contribution in [0, 0.1) is 0 Å². The number of pyridine rings is 1. The van der Waals surface area contributed by atoms with Gasteiger partial charge in [0.05, 0.1) is 35.3 Å². The van der Waals surface area contributed by atoms with Crippen LogP contribution < -0.4 is 0 Å². The topological polar surface area (TPSA) is 64.1 Å². The molecule has 6 rings (SSSR count). The summed E-state index contributed by atoms with van der Waals surface area (Å²) in [5, 5.41) is 10.8. The molecule has 7 heteroatoms. The van der Waals surface area contributed by atoms with Gasteiger partial charge in [0.2, 0.25) is 0 Å². The van der Waals surface area contributed by atoms with Crippen LogP contribution in [0.25, 0.3) is 27.8 Å². The number of likely N-dealkylation sites (tertiary alicyclic amines) is 1. The zero-order chi connectivity index (χ0) is 22.4. The molecule has 0 bridgehead atoms. The monoisotopic (exact) mass is 437 g/mol. The molecule has 0 amide bonds. The maximum absolute atomic E-state index is 4.97. The molecule has 0 aliphatic carbocycles. The lowest BCUT2D eigenvalue weighted by Gasteiger charge is -2.28. The van der Waals surface area contributed by atoms with Crippen LogP contribution in [0.2, 0.25) is 0 Å². The van der Waals surface area contributed by atoms with Crippen LogP contribution in [-0.4, -0.2) is 54.4 Å². The minimum Gasteiger partial charge on any atom is -0.306 e. The first-order valence-corrected chi connectivity index (χ1v) is 11.6. The molecular weight excluding hydrogens is 410 g/mol. The number of fused-ring (bicyclic) bond motifs is 2. The van der Waals surface area contributed by atoms with Gasteiger partial charge in [-0.15, -0.1) is 0 Å². The normalized spacial score (nSPS) is 16.5. The second kappa shape index (κ2) is 8.08. The summed E-state index contributed by atoms with van der Waals surface area (Å²) in [6.07, 6.45) is 10.1. The predicted octanol–water partition coefficient (Wildman–Crippen LogP) is 4.56. The summed E-state index contributed by atoms with van der Waals surface area (Å²) in [7, 11) is 2.18. The molecule has 1 aliphatic heterocycles. The molecular formula is C26H27N7. The van der Waals surface area contributed by atoms with Gasteiger partial charge >= 0.3 is 0 Å². The summed E-state index contributed by atoms with van der Waals surface area (Å²) in [6, 6.07) is 15.1. The lowest BCUT2D eigenvalue weighted by atomic mass is 9.97. The van der Waals surface area contributed by atoms with Gasteiger partial charge in [-0.3, -0.25) is 9.67 Å². The molecule has 0 saturated carbocycles. The third-order valence-corrected chi connectivity index (χ3v) is 6.92. The Hall–Kier alpha value is -3.58. The highest BCUT2D eigenvalue weighted by Crippen LogP contribution is 2.28. The Bertz CT molecular complexity index is 1430. The predicted molar refractivity (Wildman–Crippen MR) is 129 cm³/mol. The lowest BCUT2D eigenvalue weighted by Crippen LogP contribution is -2.31. The Morgan fingerprint density at radius 3 is 2.76 bits per heavy atom. The van der Waals surface area contributed by atoms with E-state index in [2.05, 4.69) is 69.1 Å². The largest absolute Gasteiger partial charge is 0.306 e. The third kappa shape index (κ3) is 3.68. The van der Waals surface area contributed by atoms with Gasteiger partial charge in [0.25, 0.3) is 0 Å². The summed E-state index contributed by atoms with van der Waals surface area (Å²) in [5.74, 6) is 0.148. The Kier molecular flexibility index (Phi) is 4.91. The van der Waals surface area contributed by atoms with Crippen molar-refractivity contribution in [3.8, 4) is 11.3 Å². The molecule has 1 unspecified atom stereocenters. The SMILES string of the molecule is CC(c1ccc2ncccc2c1)c1cnc2ccc(-c3cnn(C4CCN(C)CC4)c3)nn12. The fourth-order valence-corrected chi connectivity index (χ4v) is 4.80.